The van der Waals surface area contributed by atoms with Crippen molar-refractivity contribution in [3.05, 3.63) is 109 Å². The van der Waals surface area contributed by atoms with Gasteiger partial charge in [-0.1, -0.05) is 323 Å². The first-order valence-electron chi connectivity index (χ1n) is 33.4. The summed E-state index contributed by atoms with van der Waals surface area (Å²) in [5.74, 6) is -0.940. The van der Waals surface area contributed by atoms with E-state index in [1.807, 2.05) is 0 Å². The lowest BCUT2D eigenvalue weighted by Crippen LogP contribution is -2.30. The Morgan fingerprint density at radius 3 is 0.772 bits per heavy atom. The van der Waals surface area contributed by atoms with Crippen molar-refractivity contribution >= 4 is 17.9 Å². The highest BCUT2D eigenvalue weighted by atomic mass is 16.6. The SMILES string of the molecule is CC/C=C\C/C=C\C/C=C\C/C=C\C/C=C\C/C=C\C/C=C\C/C=C\C/C=C\CCCC(=O)OCC(COC(=O)CCCCCCCCCCCCCCCCCC)OC(=O)CCCCCCCCCCCCCCCCCC. The normalized spacial score (nSPS) is 12.8. The van der Waals surface area contributed by atoms with Gasteiger partial charge >= 0.3 is 17.9 Å². The maximum absolute atomic E-state index is 12.9. The predicted molar refractivity (Wildman–Crippen MR) is 343 cm³/mol. The molecule has 0 fully saturated rings. The minimum atomic E-state index is -0.801. The molecule has 0 heterocycles. The smallest absolute Gasteiger partial charge is 0.306 e. The van der Waals surface area contributed by atoms with Crippen LogP contribution in [-0.4, -0.2) is 37.2 Å². The molecule has 6 heteroatoms. The third-order valence-electron chi connectivity index (χ3n) is 14.3. The number of unbranched alkanes of at least 4 members (excludes halogenated alkanes) is 31. The molecule has 0 aromatic rings. The van der Waals surface area contributed by atoms with Crippen LogP contribution in [0.25, 0.3) is 0 Å². The number of carbonyl (C=O) groups is 3. The van der Waals surface area contributed by atoms with Gasteiger partial charge in [0.05, 0.1) is 0 Å². The van der Waals surface area contributed by atoms with Crippen LogP contribution in [0.4, 0.5) is 0 Å². The largest absolute Gasteiger partial charge is 0.462 e. The lowest BCUT2D eigenvalue weighted by atomic mass is 10.0. The molecule has 0 aliphatic carbocycles. The Balaban J connectivity index is 4.42. The zero-order valence-electron chi connectivity index (χ0n) is 51.9. The number of rotatable bonds is 60. The standard InChI is InChI=1S/C73H124O6/c1-4-7-10-13-16-19-22-25-28-31-32-33-34-35-36-37-38-39-40-41-42-43-46-48-51-54-57-60-63-66-72(75)78-69-70(79-73(76)67-64-61-58-55-52-49-45-30-27-24-21-18-15-12-9-6-3)68-77-71(74)65-62-59-56-53-50-47-44-29-26-23-20-17-14-11-8-5-2/h7,10,16,19,25,28,32-33,35-36,38-39,41-42,46,48,54,57,70H,4-6,8-9,11-15,17-18,20-24,26-27,29-31,34,37,40,43-45,47,49-53,55-56,58-69H2,1-3H3/b10-7-,19-16-,28-25-,33-32-,36-35-,39-38-,42-41-,48-46-,57-54-. The van der Waals surface area contributed by atoms with E-state index in [1.54, 1.807) is 0 Å². The van der Waals surface area contributed by atoms with Crippen molar-refractivity contribution in [3.63, 3.8) is 0 Å². The Morgan fingerprint density at radius 2 is 0.494 bits per heavy atom. The second-order valence-electron chi connectivity index (χ2n) is 22.0. The Bertz CT molecular complexity index is 1590. The molecule has 1 atom stereocenters. The Labute approximate surface area is 489 Å². The van der Waals surface area contributed by atoms with Gasteiger partial charge in [0, 0.05) is 19.3 Å². The number of ether oxygens (including phenoxy) is 3. The zero-order valence-corrected chi connectivity index (χ0v) is 51.9. The molecule has 0 saturated carbocycles. The predicted octanol–water partition coefficient (Wildman–Crippen LogP) is 23.0. The summed E-state index contributed by atoms with van der Waals surface area (Å²) >= 11 is 0. The molecule has 0 saturated heterocycles. The van der Waals surface area contributed by atoms with Crippen molar-refractivity contribution in [2.75, 3.05) is 13.2 Å². The topological polar surface area (TPSA) is 78.9 Å². The quantitative estimate of drug-likeness (QED) is 0.0261. The fraction of sp³-hybridized carbons (Fsp3) is 0.712. The molecule has 6 nitrogen and oxygen atoms in total. The van der Waals surface area contributed by atoms with E-state index in [0.29, 0.717) is 19.3 Å². The monoisotopic (exact) mass is 1100 g/mol. The molecule has 0 radical (unpaired) electrons. The first kappa shape index (κ1) is 75.1. The van der Waals surface area contributed by atoms with Crippen LogP contribution in [0.3, 0.4) is 0 Å². The van der Waals surface area contributed by atoms with Crippen LogP contribution in [0.2, 0.25) is 0 Å². The van der Waals surface area contributed by atoms with E-state index < -0.39 is 6.10 Å². The summed E-state index contributed by atoms with van der Waals surface area (Å²) in [4.78, 5) is 38.3. The summed E-state index contributed by atoms with van der Waals surface area (Å²) < 4.78 is 16.9. The highest BCUT2D eigenvalue weighted by Gasteiger charge is 2.19. The van der Waals surface area contributed by atoms with E-state index in [0.717, 1.165) is 103 Å². The molecule has 0 rings (SSSR count). The molecule has 0 aromatic carbocycles. The van der Waals surface area contributed by atoms with Gasteiger partial charge in [0.15, 0.2) is 6.10 Å². The highest BCUT2D eigenvalue weighted by molar-refractivity contribution is 5.71. The first-order chi connectivity index (χ1) is 39.0. The molecule has 79 heavy (non-hydrogen) atoms. The van der Waals surface area contributed by atoms with Crippen LogP contribution >= 0.6 is 0 Å². The van der Waals surface area contributed by atoms with Gasteiger partial charge in [-0.05, 0) is 83.5 Å². The van der Waals surface area contributed by atoms with Crippen LogP contribution < -0.4 is 0 Å². The Hall–Kier alpha value is -3.93. The molecule has 0 aliphatic rings. The van der Waals surface area contributed by atoms with E-state index >= 15 is 0 Å². The molecule has 0 N–H and O–H groups in total. The number of allylic oxidation sites excluding steroid dienone is 18. The van der Waals surface area contributed by atoms with Crippen LogP contribution in [0.1, 0.15) is 316 Å². The van der Waals surface area contributed by atoms with Crippen LogP contribution in [0.15, 0.2) is 109 Å². The molecule has 0 amide bonds. The third kappa shape index (κ3) is 64.8. The van der Waals surface area contributed by atoms with Crippen molar-refractivity contribution in [2.24, 2.45) is 0 Å². The minimum Gasteiger partial charge on any atom is -0.462 e. The van der Waals surface area contributed by atoms with E-state index in [2.05, 4.69) is 130 Å². The molecule has 452 valence electrons. The third-order valence-corrected chi connectivity index (χ3v) is 14.3. The van der Waals surface area contributed by atoms with Gasteiger partial charge in [0.25, 0.3) is 0 Å². The summed E-state index contributed by atoms with van der Waals surface area (Å²) in [7, 11) is 0. The summed E-state index contributed by atoms with van der Waals surface area (Å²) in [5.41, 5.74) is 0. The molecule has 0 bridgehead atoms. The van der Waals surface area contributed by atoms with E-state index in [9.17, 15) is 14.4 Å². The van der Waals surface area contributed by atoms with Gasteiger partial charge < -0.3 is 14.2 Å². The summed E-state index contributed by atoms with van der Waals surface area (Å²) in [6.45, 7) is 6.52. The molecule has 0 aromatic heterocycles. The summed E-state index contributed by atoms with van der Waals surface area (Å²) in [6.07, 6.45) is 91.0. The van der Waals surface area contributed by atoms with Gasteiger partial charge in [-0.2, -0.15) is 0 Å². The molecular weight excluding hydrogens is 973 g/mol. The average Bonchev–Trinajstić information content (AvgIpc) is 3.45. The number of carbonyl (C=O) groups excluding carboxylic acids is 3. The minimum absolute atomic E-state index is 0.0921. The summed E-state index contributed by atoms with van der Waals surface area (Å²) in [5, 5.41) is 0. The van der Waals surface area contributed by atoms with Crippen LogP contribution in [-0.2, 0) is 28.6 Å². The molecule has 0 spiro atoms. The van der Waals surface area contributed by atoms with Crippen molar-refractivity contribution in [1.82, 2.24) is 0 Å². The maximum atomic E-state index is 12.9. The number of hydrogen-bond acceptors (Lipinski definition) is 6. The highest BCUT2D eigenvalue weighted by Crippen LogP contribution is 2.17. The lowest BCUT2D eigenvalue weighted by Gasteiger charge is -2.18. The van der Waals surface area contributed by atoms with Gasteiger partial charge in [0.1, 0.15) is 13.2 Å². The molecule has 1 unspecified atom stereocenters. The Morgan fingerprint density at radius 1 is 0.266 bits per heavy atom. The van der Waals surface area contributed by atoms with Crippen LogP contribution in [0, 0.1) is 0 Å². The lowest BCUT2D eigenvalue weighted by molar-refractivity contribution is -0.167. The van der Waals surface area contributed by atoms with Crippen LogP contribution in [0.5, 0.6) is 0 Å². The Kier molecular flexibility index (Phi) is 63.3. The van der Waals surface area contributed by atoms with Gasteiger partial charge in [0.2, 0.25) is 0 Å². The van der Waals surface area contributed by atoms with E-state index in [1.165, 1.54) is 167 Å². The van der Waals surface area contributed by atoms with Gasteiger partial charge in [-0.3, -0.25) is 14.4 Å². The average molecular weight is 1100 g/mol. The second kappa shape index (κ2) is 66.6. The molecular formula is C73H124O6. The maximum Gasteiger partial charge on any atom is 0.306 e. The van der Waals surface area contributed by atoms with Crippen molar-refractivity contribution in [3.8, 4) is 0 Å². The first-order valence-corrected chi connectivity index (χ1v) is 33.4. The van der Waals surface area contributed by atoms with E-state index in [-0.39, 0.29) is 37.5 Å². The van der Waals surface area contributed by atoms with Gasteiger partial charge in [-0.25, -0.2) is 0 Å². The second-order valence-corrected chi connectivity index (χ2v) is 22.0. The number of hydrogen-bond donors (Lipinski definition) is 0. The molecule has 0 aliphatic heterocycles. The number of esters is 3. The van der Waals surface area contributed by atoms with Crippen molar-refractivity contribution in [1.29, 1.82) is 0 Å². The van der Waals surface area contributed by atoms with Gasteiger partial charge in [-0.15, -0.1) is 0 Å². The fourth-order valence-electron chi connectivity index (χ4n) is 9.33. The van der Waals surface area contributed by atoms with Crippen molar-refractivity contribution in [2.45, 2.75) is 322 Å². The van der Waals surface area contributed by atoms with E-state index in [4.69, 9.17) is 14.2 Å². The summed E-state index contributed by atoms with van der Waals surface area (Å²) in [6, 6.07) is 0. The zero-order chi connectivity index (χ0) is 57.1. The fourth-order valence-corrected chi connectivity index (χ4v) is 9.33. The van der Waals surface area contributed by atoms with Crippen molar-refractivity contribution < 1.29 is 28.6 Å².